The summed E-state index contributed by atoms with van der Waals surface area (Å²) in [5.74, 6) is 0.944. The van der Waals surface area contributed by atoms with Crippen molar-refractivity contribution in [1.29, 1.82) is 0 Å². The lowest BCUT2D eigenvalue weighted by Crippen LogP contribution is -1.97. The lowest BCUT2D eigenvalue weighted by molar-refractivity contribution is 0.882. The number of aryl methyl sites for hydroxylation is 1. The molecule has 0 radical (unpaired) electrons. The van der Waals surface area contributed by atoms with Crippen molar-refractivity contribution in [2.45, 2.75) is 0 Å². The van der Waals surface area contributed by atoms with Crippen LogP contribution in [0.15, 0.2) is 128 Å². The van der Waals surface area contributed by atoms with Crippen LogP contribution in [0.25, 0.3) is 66.9 Å². The van der Waals surface area contributed by atoms with Gasteiger partial charge in [0.15, 0.2) is 0 Å². The Hall–Kier alpha value is -5.49. The zero-order chi connectivity index (χ0) is 26.6. The van der Waals surface area contributed by atoms with Crippen LogP contribution >= 0.6 is 0 Å². The van der Waals surface area contributed by atoms with Gasteiger partial charge in [0.25, 0.3) is 0 Å². The van der Waals surface area contributed by atoms with E-state index in [0.717, 1.165) is 56.1 Å². The van der Waals surface area contributed by atoms with E-state index in [1.165, 1.54) is 10.8 Å². The van der Waals surface area contributed by atoms with Crippen LogP contribution in [0.4, 0.5) is 0 Å². The maximum absolute atomic E-state index is 4.98. The van der Waals surface area contributed by atoms with Gasteiger partial charge in [-0.15, -0.1) is 0 Å². The van der Waals surface area contributed by atoms with Crippen molar-refractivity contribution in [3.8, 4) is 34.0 Å². The van der Waals surface area contributed by atoms with Crippen LogP contribution < -0.4 is 0 Å². The molecule has 8 aromatic rings. The number of fused-ring (bicyclic) bond motifs is 4. The monoisotopic (exact) mass is 516 g/mol. The molecule has 40 heavy (non-hydrogen) atoms. The van der Waals surface area contributed by atoms with Crippen molar-refractivity contribution in [1.82, 2.24) is 28.9 Å². The molecular formula is C34H24N6. The molecule has 4 aromatic heterocycles. The number of aromatic nitrogens is 6. The van der Waals surface area contributed by atoms with Gasteiger partial charge in [-0.25, -0.2) is 9.67 Å². The minimum atomic E-state index is 0.944. The van der Waals surface area contributed by atoms with Crippen molar-refractivity contribution in [3.63, 3.8) is 0 Å². The van der Waals surface area contributed by atoms with Crippen LogP contribution in [0.3, 0.4) is 0 Å². The molecule has 0 fully saturated rings. The number of rotatable bonds is 4. The average Bonchev–Trinajstić information content (AvgIpc) is 3.74. The van der Waals surface area contributed by atoms with Crippen LogP contribution in [0.2, 0.25) is 0 Å². The molecular weight excluding hydrogens is 492 g/mol. The van der Waals surface area contributed by atoms with E-state index in [1.54, 1.807) is 6.20 Å². The Morgan fingerprint density at radius 3 is 2.38 bits per heavy atom. The van der Waals surface area contributed by atoms with Crippen molar-refractivity contribution >= 4 is 32.8 Å². The summed E-state index contributed by atoms with van der Waals surface area (Å²) in [4.78, 5) is 9.57. The second-order valence-electron chi connectivity index (χ2n) is 9.97. The summed E-state index contributed by atoms with van der Waals surface area (Å²) < 4.78 is 6.41. The molecule has 0 atom stereocenters. The van der Waals surface area contributed by atoms with E-state index in [0.29, 0.717) is 0 Å². The Morgan fingerprint density at radius 1 is 0.600 bits per heavy atom. The van der Waals surface area contributed by atoms with E-state index < -0.39 is 0 Å². The quantitative estimate of drug-likeness (QED) is 0.242. The average molecular weight is 517 g/mol. The normalized spacial score (nSPS) is 11.6. The fraction of sp³-hybridized carbons (Fsp3) is 0.0294. The highest BCUT2D eigenvalue weighted by molar-refractivity contribution is 6.11. The lowest BCUT2D eigenvalue weighted by atomic mass is 10.1. The third-order valence-electron chi connectivity index (χ3n) is 7.63. The molecule has 4 aromatic carbocycles. The molecule has 0 aliphatic heterocycles. The van der Waals surface area contributed by atoms with Crippen molar-refractivity contribution in [2.24, 2.45) is 7.05 Å². The van der Waals surface area contributed by atoms with E-state index in [-0.39, 0.29) is 0 Å². The second-order valence-corrected chi connectivity index (χ2v) is 9.97. The third-order valence-corrected chi connectivity index (χ3v) is 7.63. The number of imidazole rings is 1. The van der Waals surface area contributed by atoms with E-state index in [2.05, 4.69) is 105 Å². The zero-order valence-electron chi connectivity index (χ0n) is 21.8. The molecule has 0 amide bonds. The van der Waals surface area contributed by atoms with Gasteiger partial charge in [-0.1, -0.05) is 42.5 Å². The first kappa shape index (κ1) is 22.5. The highest BCUT2D eigenvalue weighted by atomic mass is 15.3. The summed E-state index contributed by atoms with van der Waals surface area (Å²) >= 11 is 0. The van der Waals surface area contributed by atoms with Crippen LogP contribution in [-0.2, 0) is 7.05 Å². The third kappa shape index (κ3) is 3.47. The maximum Gasteiger partial charge on any atom is 0.140 e. The highest BCUT2D eigenvalue weighted by Gasteiger charge is 2.17. The molecule has 0 aliphatic rings. The molecule has 0 saturated carbocycles. The molecule has 4 heterocycles. The maximum atomic E-state index is 4.98. The van der Waals surface area contributed by atoms with Crippen molar-refractivity contribution < 1.29 is 0 Å². The van der Waals surface area contributed by atoms with Crippen LogP contribution in [0.5, 0.6) is 0 Å². The fourth-order valence-corrected chi connectivity index (χ4v) is 5.73. The van der Waals surface area contributed by atoms with Crippen molar-refractivity contribution in [2.75, 3.05) is 0 Å². The van der Waals surface area contributed by atoms with E-state index in [1.807, 2.05) is 47.4 Å². The molecule has 8 rings (SSSR count). The van der Waals surface area contributed by atoms with Gasteiger partial charge < -0.3 is 9.13 Å². The van der Waals surface area contributed by atoms with Crippen LogP contribution in [-0.4, -0.2) is 28.9 Å². The minimum absolute atomic E-state index is 0.944. The summed E-state index contributed by atoms with van der Waals surface area (Å²) in [5.41, 5.74) is 9.57. The summed E-state index contributed by atoms with van der Waals surface area (Å²) in [6.07, 6.45) is 5.61. The van der Waals surface area contributed by atoms with E-state index in [9.17, 15) is 0 Å². The molecule has 0 unspecified atom stereocenters. The molecule has 6 nitrogen and oxygen atoms in total. The molecule has 0 N–H and O–H groups in total. The van der Waals surface area contributed by atoms with Gasteiger partial charge in [-0.05, 0) is 66.7 Å². The van der Waals surface area contributed by atoms with Crippen LogP contribution in [0.1, 0.15) is 0 Å². The predicted octanol–water partition coefficient (Wildman–Crippen LogP) is 7.59. The molecule has 0 aliphatic carbocycles. The molecule has 0 spiro atoms. The van der Waals surface area contributed by atoms with Crippen molar-refractivity contribution in [3.05, 3.63) is 128 Å². The van der Waals surface area contributed by atoms with Gasteiger partial charge in [0.2, 0.25) is 0 Å². The number of para-hydroxylation sites is 2. The zero-order valence-corrected chi connectivity index (χ0v) is 21.8. The first-order chi connectivity index (χ1) is 19.7. The Kier molecular flexibility index (Phi) is 4.94. The first-order valence-electron chi connectivity index (χ1n) is 13.3. The highest BCUT2D eigenvalue weighted by Crippen LogP contribution is 2.37. The number of hydrogen-bond donors (Lipinski definition) is 0. The van der Waals surface area contributed by atoms with Gasteiger partial charge in [-0.3, -0.25) is 4.98 Å². The number of hydrogen-bond acceptors (Lipinski definition) is 3. The van der Waals surface area contributed by atoms with Gasteiger partial charge in [0.05, 0.1) is 33.4 Å². The standard InChI is InChI=1S/C34H24N6/c1-38-32-12-3-2-11-30(32)37-34(38)24-13-15-27-28-22-25(39-19-7-18-36-39)14-16-31(28)40(33(27)21-24)26-9-6-8-23(20-26)29-10-4-5-17-35-29/h2-22H,1H3. The fourth-order valence-electron chi connectivity index (χ4n) is 5.73. The summed E-state index contributed by atoms with van der Waals surface area (Å²) in [7, 11) is 2.08. The Labute approximate surface area is 230 Å². The summed E-state index contributed by atoms with van der Waals surface area (Å²) in [6, 6.07) is 38.0. The predicted molar refractivity (Wildman–Crippen MR) is 161 cm³/mol. The molecule has 190 valence electrons. The SMILES string of the molecule is Cn1c(-c2ccc3c4cc(-n5cccn5)ccc4n(-c4cccc(-c5ccccn5)c4)c3c2)nc2ccccc21. The largest absolute Gasteiger partial charge is 0.327 e. The second kappa shape index (κ2) is 8.78. The van der Waals surface area contributed by atoms with Gasteiger partial charge in [-0.2, -0.15) is 5.10 Å². The van der Waals surface area contributed by atoms with Gasteiger partial charge >= 0.3 is 0 Å². The lowest BCUT2D eigenvalue weighted by Gasteiger charge is -2.11. The molecule has 6 heteroatoms. The Balaban J connectivity index is 1.40. The topological polar surface area (TPSA) is 53.5 Å². The number of nitrogens with zero attached hydrogens (tertiary/aromatic N) is 6. The Morgan fingerprint density at radius 2 is 1.52 bits per heavy atom. The Bertz CT molecular complexity index is 2170. The smallest absolute Gasteiger partial charge is 0.140 e. The molecule has 0 bridgehead atoms. The molecule has 0 saturated heterocycles. The number of pyridine rings is 1. The number of benzene rings is 4. The summed E-state index contributed by atoms with van der Waals surface area (Å²) in [5, 5.41) is 6.80. The first-order valence-corrected chi connectivity index (χ1v) is 13.3. The van der Waals surface area contributed by atoms with Gasteiger partial charge in [0, 0.05) is 53.2 Å². The summed E-state index contributed by atoms with van der Waals surface area (Å²) in [6.45, 7) is 0. The van der Waals surface area contributed by atoms with Crippen LogP contribution in [0, 0.1) is 0 Å². The van der Waals surface area contributed by atoms with E-state index in [4.69, 9.17) is 4.98 Å². The van der Waals surface area contributed by atoms with Gasteiger partial charge in [0.1, 0.15) is 5.82 Å². The van der Waals surface area contributed by atoms with E-state index >= 15 is 0 Å². The minimum Gasteiger partial charge on any atom is -0.327 e.